The van der Waals surface area contributed by atoms with Crippen molar-refractivity contribution in [3.05, 3.63) is 65.3 Å². The number of aromatic nitrogens is 4. The summed E-state index contributed by atoms with van der Waals surface area (Å²) in [7, 11) is -3.87. The van der Waals surface area contributed by atoms with Crippen molar-refractivity contribution in [2.75, 3.05) is 22.3 Å². The summed E-state index contributed by atoms with van der Waals surface area (Å²) in [6, 6.07) is 13.3. The van der Waals surface area contributed by atoms with Crippen LogP contribution in [0, 0.1) is 0 Å². The van der Waals surface area contributed by atoms with Gasteiger partial charge in [0.1, 0.15) is 5.82 Å². The highest BCUT2D eigenvalue weighted by molar-refractivity contribution is 7.92. The van der Waals surface area contributed by atoms with Gasteiger partial charge in [0.15, 0.2) is 5.65 Å². The molecule has 0 amide bonds. The van der Waals surface area contributed by atoms with Gasteiger partial charge in [0.05, 0.1) is 34.8 Å². The minimum absolute atomic E-state index is 0.0337. The minimum Gasteiger partial charge on any atom is -0.383 e. The summed E-state index contributed by atoms with van der Waals surface area (Å²) in [4.78, 5) is 8.38. The van der Waals surface area contributed by atoms with Crippen molar-refractivity contribution in [2.45, 2.75) is 17.4 Å². The fraction of sp³-hybridized carbons (Fsp3) is 0.150. The third-order valence-corrected chi connectivity index (χ3v) is 7.33. The standard InChI is InChI=1S/C20H18ClN7O2S/c21-13-5-3-6-15(9-13)31(29,30)27-11-14(8-12-4-1-2-7-17(12)27)28-19-16(10-24-28)18(22)25-20(23)26-19/h1-7,9-10,14H,8,11H2,(H4,22,23,25,26). The highest BCUT2D eigenvalue weighted by Crippen LogP contribution is 2.37. The molecule has 0 aliphatic carbocycles. The van der Waals surface area contributed by atoms with E-state index in [1.165, 1.54) is 16.4 Å². The number of hydrogen-bond donors (Lipinski definition) is 2. The zero-order valence-corrected chi connectivity index (χ0v) is 17.8. The van der Waals surface area contributed by atoms with Gasteiger partial charge in [0.25, 0.3) is 10.0 Å². The van der Waals surface area contributed by atoms with E-state index in [2.05, 4.69) is 15.1 Å². The zero-order chi connectivity index (χ0) is 21.8. The van der Waals surface area contributed by atoms with Crippen molar-refractivity contribution >= 4 is 50.1 Å². The average molecular weight is 456 g/mol. The molecule has 0 spiro atoms. The summed E-state index contributed by atoms with van der Waals surface area (Å²) >= 11 is 6.06. The average Bonchev–Trinajstić information content (AvgIpc) is 3.17. The molecule has 2 aromatic heterocycles. The minimum atomic E-state index is -3.87. The van der Waals surface area contributed by atoms with Crippen molar-refractivity contribution in [3.8, 4) is 0 Å². The van der Waals surface area contributed by atoms with E-state index < -0.39 is 10.0 Å². The first kappa shape index (κ1) is 19.6. The maximum atomic E-state index is 13.6. The summed E-state index contributed by atoms with van der Waals surface area (Å²) in [5, 5.41) is 5.35. The van der Waals surface area contributed by atoms with Crippen LogP contribution in [0.15, 0.2) is 59.6 Å². The smallest absolute Gasteiger partial charge is 0.264 e. The zero-order valence-electron chi connectivity index (χ0n) is 16.2. The van der Waals surface area contributed by atoms with Crippen LogP contribution in [-0.2, 0) is 16.4 Å². The van der Waals surface area contributed by atoms with E-state index in [0.29, 0.717) is 28.2 Å². The number of anilines is 3. The number of nitrogens with two attached hydrogens (primary N) is 2. The van der Waals surface area contributed by atoms with Gasteiger partial charge in [-0.05, 0) is 36.2 Å². The molecular weight excluding hydrogens is 438 g/mol. The van der Waals surface area contributed by atoms with Gasteiger partial charge in [-0.1, -0.05) is 35.9 Å². The third-order valence-electron chi connectivity index (χ3n) is 5.32. The lowest BCUT2D eigenvalue weighted by Crippen LogP contribution is -2.41. The highest BCUT2D eigenvalue weighted by Gasteiger charge is 2.35. The second-order valence-corrected chi connectivity index (χ2v) is 9.57. The Labute approximate surface area is 183 Å². The summed E-state index contributed by atoms with van der Waals surface area (Å²) in [6.07, 6.45) is 2.14. The van der Waals surface area contributed by atoms with E-state index in [4.69, 9.17) is 23.1 Å². The Morgan fingerprint density at radius 3 is 2.68 bits per heavy atom. The molecule has 3 heterocycles. The molecule has 0 radical (unpaired) electrons. The van der Waals surface area contributed by atoms with Gasteiger partial charge in [-0.2, -0.15) is 15.1 Å². The van der Waals surface area contributed by atoms with Crippen LogP contribution in [0.5, 0.6) is 0 Å². The third kappa shape index (κ3) is 3.24. The van der Waals surface area contributed by atoms with Crippen molar-refractivity contribution in [3.63, 3.8) is 0 Å². The van der Waals surface area contributed by atoms with Crippen molar-refractivity contribution in [2.24, 2.45) is 0 Å². The monoisotopic (exact) mass is 455 g/mol. The van der Waals surface area contributed by atoms with Crippen molar-refractivity contribution in [1.29, 1.82) is 0 Å². The SMILES string of the molecule is Nc1nc(N)c2cnn(C3Cc4ccccc4N(S(=O)(=O)c4cccc(Cl)c4)C3)c2n1. The number of sulfonamides is 1. The number of halogens is 1. The van der Waals surface area contributed by atoms with Gasteiger partial charge in [0, 0.05) is 5.02 Å². The van der Waals surface area contributed by atoms with Crippen LogP contribution >= 0.6 is 11.6 Å². The molecule has 158 valence electrons. The molecule has 4 N–H and O–H groups in total. The Balaban J connectivity index is 1.64. The Bertz CT molecular complexity index is 1420. The number of fused-ring (bicyclic) bond motifs is 2. The number of hydrogen-bond acceptors (Lipinski definition) is 7. The fourth-order valence-corrected chi connectivity index (χ4v) is 5.75. The largest absolute Gasteiger partial charge is 0.383 e. The molecule has 0 fully saturated rings. The molecule has 1 aliphatic rings. The van der Waals surface area contributed by atoms with Crippen LogP contribution in [0.2, 0.25) is 5.02 Å². The van der Waals surface area contributed by atoms with Gasteiger partial charge < -0.3 is 11.5 Å². The molecule has 31 heavy (non-hydrogen) atoms. The second-order valence-electron chi connectivity index (χ2n) is 7.27. The van der Waals surface area contributed by atoms with Gasteiger partial charge in [-0.15, -0.1) is 0 Å². The number of rotatable bonds is 3. The van der Waals surface area contributed by atoms with Crippen LogP contribution in [0.25, 0.3) is 11.0 Å². The molecule has 1 unspecified atom stereocenters. The quantitative estimate of drug-likeness (QED) is 0.485. The molecule has 4 aromatic rings. The van der Waals surface area contributed by atoms with Crippen LogP contribution in [0.1, 0.15) is 11.6 Å². The van der Waals surface area contributed by atoms with E-state index in [-0.39, 0.29) is 29.2 Å². The Morgan fingerprint density at radius 1 is 1.06 bits per heavy atom. The van der Waals surface area contributed by atoms with Crippen LogP contribution in [-0.4, -0.2) is 34.7 Å². The number of nitrogen functional groups attached to an aromatic ring is 2. The Morgan fingerprint density at radius 2 is 1.87 bits per heavy atom. The lowest BCUT2D eigenvalue weighted by atomic mass is 10.00. The number of nitrogens with zero attached hydrogens (tertiary/aromatic N) is 5. The highest BCUT2D eigenvalue weighted by atomic mass is 35.5. The molecule has 1 aliphatic heterocycles. The first-order chi connectivity index (χ1) is 14.8. The van der Waals surface area contributed by atoms with Crippen LogP contribution in [0.3, 0.4) is 0 Å². The molecule has 2 aromatic carbocycles. The molecule has 0 saturated carbocycles. The molecule has 9 nitrogen and oxygen atoms in total. The van der Waals surface area contributed by atoms with Gasteiger partial charge in [-0.25, -0.2) is 13.1 Å². The predicted molar refractivity (Wildman–Crippen MR) is 119 cm³/mol. The van der Waals surface area contributed by atoms with E-state index in [1.54, 1.807) is 29.1 Å². The summed E-state index contributed by atoms with van der Waals surface area (Å²) in [6.45, 7) is 0.159. The molecule has 11 heteroatoms. The number of benzene rings is 2. The van der Waals surface area contributed by atoms with Crippen LogP contribution in [0.4, 0.5) is 17.5 Å². The molecule has 0 saturated heterocycles. The van der Waals surface area contributed by atoms with Gasteiger partial charge in [-0.3, -0.25) is 4.31 Å². The van der Waals surface area contributed by atoms with Gasteiger partial charge in [0.2, 0.25) is 5.95 Å². The lowest BCUT2D eigenvalue weighted by Gasteiger charge is -2.35. The summed E-state index contributed by atoms with van der Waals surface area (Å²) < 4.78 is 30.2. The predicted octanol–water partition coefficient (Wildman–Crippen LogP) is 2.64. The van der Waals surface area contributed by atoms with E-state index in [0.717, 1.165) is 5.56 Å². The van der Waals surface area contributed by atoms with Crippen molar-refractivity contribution < 1.29 is 8.42 Å². The fourth-order valence-electron chi connectivity index (χ4n) is 3.91. The second kappa shape index (κ2) is 7.10. The number of para-hydroxylation sites is 1. The summed E-state index contributed by atoms with van der Waals surface area (Å²) in [5.41, 5.74) is 13.7. The Kier molecular flexibility index (Phi) is 4.49. The summed E-state index contributed by atoms with van der Waals surface area (Å²) in [5.74, 6) is 0.264. The first-order valence-corrected chi connectivity index (χ1v) is 11.3. The molecule has 5 rings (SSSR count). The lowest BCUT2D eigenvalue weighted by molar-refractivity contribution is 0.456. The van der Waals surface area contributed by atoms with Crippen LogP contribution < -0.4 is 15.8 Å². The normalized spacial score (nSPS) is 16.4. The van der Waals surface area contributed by atoms with E-state index in [1.807, 2.05) is 18.2 Å². The topological polar surface area (TPSA) is 133 Å². The van der Waals surface area contributed by atoms with E-state index >= 15 is 0 Å². The van der Waals surface area contributed by atoms with Gasteiger partial charge >= 0.3 is 0 Å². The Hall–Kier alpha value is -3.37. The van der Waals surface area contributed by atoms with Crippen molar-refractivity contribution in [1.82, 2.24) is 19.7 Å². The molecule has 1 atom stereocenters. The maximum absolute atomic E-state index is 13.6. The molecular formula is C20H18ClN7O2S. The maximum Gasteiger partial charge on any atom is 0.264 e. The van der Waals surface area contributed by atoms with E-state index in [9.17, 15) is 8.42 Å². The molecule has 0 bridgehead atoms. The first-order valence-electron chi connectivity index (χ1n) is 9.47.